The van der Waals surface area contributed by atoms with Crippen molar-refractivity contribution in [3.63, 3.8) is 0 Å². The molecule has 0 aromatic heterocycles. The molecule has 1 saturated heterocycles. The molecule has 0 spiro atoms. The zero-order valence-electron chi connectivity index (χ0n) is 16.3. The van der Waals surface area contributed by atoms with Gasteiger partial charge in [0.25, 0.3) is 5.91 Å². The maximum atomic E-state index is 13.0. The third-order valence-corrected chi connectivity index (χ3v) is 6.54. The highest BCUT2D eigenvalue weighted by atomic mass is 32.2. The summed E-state index contributed by atoms with van der Waals surface area (Å²) in [6, 6.07) is 6.94. The van der Waals surface area contributed by atoms with Crippen LogP contribution in [0.1, 0.15) is 43.0 Å². The molecule has 2 rings (SSSR count). The highest BCUT2D eigenvalue weighted by molar-refractivity contribution is 7.89. The molecule has 7 nitrogen and oxygen atoms in total. The van der Waals surface area contributed by atoms with Crippen molar-refractivity contribution < 1.29 is 18.0 Å². The molecular formula is C19H29N3O4S. The van der Waals surface area contributed by atoms with E-state index in [9.17, 15) is 18.0 Å². The Morgan fingerprint density at radius 2 is 2.00 bits per heavy atom. The van der Waals surface area contributed by atoms with E-state index < -0.39 is 15.9 Å². The molecule has 1 aliphatic rings. The summed E-state index contributed by atoms with van der Waals surface area (Å²) in [5.41, 5.74) is 1.18. The summed E-state index contributed by atoms with van der Waals surface area (Å²) >= 11 is 0. The normalized spacial score (nSPS) is 14.5. The molecule has 0 atom stereocenters. The molecule has 27 heavy (non-hydrogen) atoms. The summed E-state index contributed by atoms with van der Waals surface area (Å²) < 4.78 is 26.3. The average Bonchev–Trinajstić information content (AvgIpc) is 3.03. The van der Waals surface area contributed by atoms with E-state index in [1.54, 1.807) is 30.0 Å². The quantitative estimate of drug-likeness (QED) is 0.639. The van der Waals surface area contributed by atoms with E-state index in [-0.39, 0.29) is 18.2 Å². The molecule has 8 heteroatoms. The molecule has 0 aliphatic carbocycles. The van der Waals surface area contributed by atoms with E-state index in [1.807, 2.05) is 25.1 Å². The minimum absolute atomic E-state index is 0.0746. The Morgan fingerprint density at radius 3 is 2.59 bits per heavy atom. The molecular weight excluding hydrogens is 366 g/mol. The lowest BCUT2D eigenvalue weighted by atomic mass is 10.2. The van der Waals surface area contributed by atoms with Crippen LogP contribution in [0.2, 0.25) is 0 Å². The number of hydrogen-bond acceptors (Lipinski definition) is 5. The van der Waals surface area contributed by atoms with Crippen LogP contribution >= 0.6 is 0 Å². The monoisotopic (exact) mass is 395 g/mol. The first kappa shape index (κ1) is 21.2. The van der Waals surface area contributed by atoms with Gasteiger partial charge in [-0.1, -0.05) is 13.0 Å². The first-order valence-corrected chi connectivity index (χ1v) is 11.0. The highest BCUT2D eigenvalue weighted by Crippen LogP contribution is 2.18. The van der Waals surface area contributed by atoms with Crippen LogP contribution in [-0.2, 0) is 14.8 Å². The first-order chi connectivity index (χ1) is 12.8. The Kier molecular flexibility index (Phi) is 7.24. The van der Waals surface area contributed by atoms with Gasteiger partial charge in [0.05, 0.1) is 5.75 Å². The van der Waals surface area contributed by atoms with E-state index in [2.05, 4.69) is 0 Å². The summed E-state index contributed by atoms with van der Waals surface area (Å²) in [6.45, 7) is 3.04. The molecule has 2 amide bonds. The number of likely N-dealkylation sites (tertiary alicyclic amines) is 1. The van der Waals surface area contributed by atoms with Crippen molar-refractivity contribution in [1.29, 1.82) is 0 Å². The number of amides is 2. The minimum Gasteiger partial charge on any atom is -0.378 e. The Balaban J connectivity index is 2.17. The first-order valence-electron chi connectivity index (χ1n) is 9.36. The molecule has 150 valence electrons. The van der Waals surface area contributed by atoms with Crippen LogP contribution in [-0.4, -0.2) is 68.9 Å². The lowest BCUT2D eigenvalue weighted by Gasteiger charge is -2.24. The lowest BCUT2D eigenvalue weighted by Crippen LogP contribution is -2.40. The maximum Gasteiger partial charge on any atom is 0.267 e. The average molecular weight is 396 g/mol. The van der Waals surface area contributed by atoms with Gasteiger partial charge in [-0.2, -0.15) is 0 Å². The number of rotatable bonds is 9. The third kappa shape index (κ3) is 5.45. The Morgan fingerprint density at radius 1 is 1.26 bits per heavy atom. The van der Waals surface area contributed by atoms with Crippen LogP contribution < -0.4 is 4.90 Å². The second-order valence-corrected chi connectivity index (χ2v) is 8.99. The van der Waals surface area contributed by atoms with Gasteiger partial charge in [0.1, 0.15) is 0 Å². The number of anilines is 1. The predicted molar refractivity (Wildman–Crippen MR) is 106 cm³/mol. The number of sulfonamides is 1. The van der Waals surface area contributed by atoms with E-state index in [1.165, 1.54) is 0 Å². The van der Waals surface area contributed by atoms with Gasteiger partial charge in [-0.15, -0.1) is 0 Å². The van der Waals surface area contributed by atoms with Gasteiger partial charge in [0.15, 0.2) is 0 Å². The summed E-state index contributed by atoms with van der Waals surface area (Å²) in [6.07, 6.45) is 2.27. The second-order valence-electron chi connectivity index (χ2n) is 6.98. The summed E-state index contributed by atoms with van der Waals surface area (Å²) in [4.78, 5) is 28.3. The van der Waals surface area contributed by atoms with Gasteiger partial charge in [-0.25, -0.2) is 12.7 Å². The van der Waals surface area contributed by atoms with Crippen molar-refractivity contribution >= 4 is 27.5 Å². The Bertz CT molecular complexity index is 777. The van der Waals surface area contributed by atoms with E-state index >= 15 is 0 Å². The number of hydrogen-bond donors (Lipinski definition) is 0. The Labute approximate surface area is 162 Å². The van der Waals surface area contributed by atoms with Crippen molar-refractivity contribution in [1.82, 2.24) is 9.21 Å². The largest absolute Gasteiger partial charge is 0.378 e. The van der Waals surface area contributed by atoms with Gasteiger partial charge in [0, 0.05) is 51.4 Å². The molecule has 1 aromatic rings. The molecule has 0 radical (unpaired) electrons. The van der Waals surface area contributed by atoms with E-state index in [4.69, 9.17) is 0 Å². The fraction of sp³-hybridized carbons (Fsp3) is 0.579. The molecule has 0 unspecified atom stereocenters. The van der Waals surface area contributed by atoms with Crippen molar-refractivity contribution in [2.45, 2.75) is 32.6 Å². The zero-order valence-corrected chi connectivity index (χ0v) is 17.2. The van der Waals surface area contributed by atoms with Gasteiger partial charge < -0.3 is 9.80 Å². The van der Waals surface area contributed by atoms with Crippen molar-refractivity contribution in [2.75, 3.05) is 44.4 Å². The molecule has 0 N–H and O–H groups in total. The number of carbonyl (C=O) groups is 2. The summed E-state index contributed by atoms with van der Waals surface area (Å²) in [5, 5.41) is 0. The number of benzene rings is 1. The summed E-state index contributed by atoms with van der Waals surface area (Å²) in [5.74, 6) is -0.489. The highest BCUT2D eigenvalue weighted by Gasteiger charge is 2.28. The van der Waals surface area contributed by atoms with Crippen LogP contribution in [0.25, 0.3) is 0 Å². The Hall–Kier alpha value is -2.09. The molecule has 1 heterocycles. The van der Waals surface area contributed by atoms with Crippen LogP contribution in [0.4, 0.5) is 5.69 Å². The fourth-order valence-electron chi connectivity index (χ4n) is 3.14. The minimum atomic E-state index is -3.70. The van der Waals surface area contributed by atoms with E-state index in [0.29, 0.717) is 37.9 Å². The maximum absolute atomic E-state index is 13.0. The predicted octanol–water partition coefficient (Wildman–Crippen LogP) is 1.95. The third-order valence-electron chi connectivity index (χ3n) is 4.59. The van der Waals surface area contributed by atoms with Gasteiger partial charge >= 0.3 is 0 Å². The standard InChI is InChI=1S/C19H29N3O4S/c1-4-14-27(25,26)22(13-7-12-21-11-6-10-18(21)23)19(24)16-8-5-9-17(15-16)20(2)3/h5,8-9,15H,4,6-7,10-14H2,1-3H3. The molecule has 0 saturated carbocycles. The van der Waals surface area contributed by atoms with Gasteiger partial charge in [-0.3, -0.25) is 9.59 Å². The molecule has 0 bridgehead atoms. The van der Waals surface area contributed by atoms with Crippen molar-refractivity contribution in [3.8, 4) is 0 Å². The number of carbonyl (C=O) groups excluding carboxylic acids is 2. The van der Waals surface area contributed by atoms with Gasteiger partial charge in [-0.05, 0) is 37.5 Å². The number of nitrogens with zero attached hydrogens (tertiary/aromatic N) is 3. The lowest BCUT2D eigenvalue weighted by molar-refractivity contribution is -0.127. The van der Waals surface area contributed by atoms with Crippen molar-refractivity contribution in [2.24, 2.45) is 0 Å². The van der Waals surface area contributed by atoms with Gasteiger partial charge in [0.2, 0.25) is 15.9 Å². The summed E-state index contributed by atoms with van der Waals surface area (Å²) in [7, 11) is 0.0312. The molecule has 1 aliphatic heterocycles. The van der Waals surface area contributed by atoms with Crippen LogP contribution in [0, 0.1) is 0 Å². The SMILES string of the molecule is CCCS(=O)(=O)N(CCCN1CCCC1=O)C(=O)c1cccc(N(C)C)c1. The van der Waals surface area contributed by atoms with E-state index in [0.717, 1.165) is 16.4 Å². The fourth-order valence-corrected chi connectivity index (χ4v) is 4.64. The van der Waals surface area contributed by atoms with Crippen molar-refractivity contribution in [3.05, 3.63) is 29.8 Å². The van der Waals surface area contributed by atoms with Crippen LogP contribution in [0.15, 0.2) is 24.3 Å². The molecule has 1 fully saturated rings. The van der Waals surface area contributed by atoms with Crippen LogP contribution in [0.3, 0.4) is 0 Å². The zero-order chi connectivity index (χ0) is 20.0. The smallest absolute Gasteiger partial charge is 0.267 e. The second kappa shape index (κ2) is 9.21. The van der Waals surface area contributed by atoms with Crippen LogP contribution in [0.5, 0.6) is 0 Å². The topological polar surface area (TPSA) is 78.0 Å². The molecule has 1 aromatic carbocycles.